The Hall–Kier alpha value is -2.44. The molecular formula is C19H16ClN5S. The van der Waals surface area contributed by atoms with Crippen molar-refractivity contribution < 1.29 is 0 Å². The van der Waals surface area contributed by atoms with Gasteiger partial charge in [0, 0.05) is 10.3 Å². The van der Waals surface area contributed by atoms with Crippen LogP contribution in [-0.2, 0) is 6.54 Å². The van der Waals surface area contributed by atoms with Crippen LogP contribution in [0.4, 0.5) is 0 Å². The first kappa shape index (κ1) is 17.0. The lowest BCUT2D eigenvalue weighted by atomic mass is 10.2. The summed E-state index contributed by atoms with van der Waals surface area (Å²) in [5, 5.41) is 10.4. The quantitative estimate of drug-likeness (QED) is 0.368. The van der Waals surface area contributed by atoms with E-state index in [2.05, 4.69) is 39.3 Å². The molecule has 2 heterocycles. The molecule has 0 unspecified atom stereocenters. The summed E-state index contributed by atoms with van der Waals surface area (Å²) in [6, 6.07) is 18.0. The largest absolute Gasteiger partial charge is 0.227 e. The highest BCUT2D eigenvalue weighted by atomic mass is 35.5. The summed E-state index contributed by atoms with van der Waals surface area (Å²) in [7, 11) is 0. The fourth-order valence-electron chi connectivity index (χ4n) is 2.69. The maximum atomic E-state index is 5.95. The SMILES string of the molecule is C[C@@H](Sc1ncnc2c1nnn2Cc1ccc(Cl)cc1)c1ccccc1. The Kier molecular flexibility index (Phi) is 4.86. The highest BCUT2D eigenvalue weighted by Gasteiger charge is 2.16. The van der Waals surface area contributed by atoms with Gasteiger partial charge >= 0.3 is 0 Å². The van der Waals surface area contributed by atoms with Gasteiger partial charge in [-0.2, -0.15) is 0 Å². The van der Waals surface area contributed by atoms with E-state index in [1.54, 1.807) is 22.8 Å². The second-order valence-corrected chi connectivity index (χ2v) is 7.66. The molecule has 0 saturated carbocycles. The number of aromatic nitrogens is 5. The Bertz CT molecular complexity index is 1020. The van der Waals surface area contributed by atoms with Gasteiger partial charge in [0.1, 0.15) is 11.4 Å². The number of hydrogen-bond donors (Lipinski definition) is 0. The Morgan fingerprint density at radius 1 is 1.04 bits per heavy atom. The van der Waals surface area contributed by atoms with Crippen LogP contribution in [0.15, 0.2) is 66.0 Å². The summed E-state index contributed by atoms with van der Waals surface area (Å²) < 4.78 is 1.79. The van der Waals surface area contributed by atoms with Crippen molar-refractivity contribution in [2.45, 2.75) is 23.7 Å². The third-order valence-corrected chi connectivity index (χ3v) is 5.47. The molecule has 0 aliphatic rings. The maximum absolute atomic E-state index is 5.95. The van der Waals surface area contributed by atoms with Crippen LogP contribution < -0.4 is 0 Å². The predicted molar refractivity (Wildman–Crippen MR) is 104 cm³/mol. The minimum atomic E-state index is 0.260. The smallest absolute Gasteiger partial charge is 0.183 e. The molecule has 0 bridgehead atoms. The van der Waals surface area contributed by atoms with Gasteiger partial charge in [-0.3, -0.25) is 0 Å². The van der Waals surface area contributed by atoms with E-state index in [-0.39, 0.29) is 5.25 Å². The van der Waals surface area contributed by atoms with Gasteiger partial charge in [-0.05, 0) is 30.2 Å². The lowest BCUT2D eigenvalue weighted by Crippen LogP contribution is -2.03. The third kappa shape index (κ3) is 3.57. The molecule has 2 aromatic heterocycles. The first-order valence-electron chi connectivity index (χ1n) is 8.21. The Morgan fingerprint density at radius 3 is 2.58 bits per heavy atom. The average molecular weight is 382 g/mol. The Morgan fingerprint density at radius 2 is 1.81 bits per heavy atom. The number of thioether (sulfide) groups is 1. The van der Waals surface area contributed by atoms with E-state index in [4.69, 9.17) is 11.6 Å². The van der Waals surface area contributed by atoms with E-state index in [0.717, 1.165) is 21.8 Å². The van der Waals surface area contributed by atoms with Gasteiger partial charge in [-0.25, -0.2) is 14.6 Å². The van der Waals surface area contributed by atoms with Crippen molar-refractivity contribution in [2.75, 3.05) is 0 Å². The van der Waals surface area contributed by atoms with Crippen LogP contribution in [-0.4, -0.2) is 25.0 Å². The van der Waals surface area contributed by atoms with E-state index >= 15 is 0 Å². The van der Waals surface area contributed by atoms with Crippen LogP contribution in [0, 0.1) is 0 Å². The minimum absolute atomic E-state index is 0.260. The molecule has 130 valence electrons. The average Bonchev–Trinajstić information content (AvgIpc) is 3.08. The maximum Gasteiger partial charge on any atom is 0.183 e. The summed E-state index contributed by atoms with van der Waals surface area (Å²) >= 11 is 7.61. The van der Waals surface area contributed by atoms with Gasteiger partial charge in [-0.1, -0.05) is 71.0 Å². The molecule has 0 aliphatic carbocycles. The standard InChI is InChI=1S/C19H16ClN5S/c1-13(15-5-3-2-4-6-15)26-19-17-18(21-12-22-19)25(24-23-17)11-14-7-9-16(20)10-8-14/h2-10,12-13H,11H2,1H3/t13-/m1/s1. The number of rotatable bonds is 5. The number of hydrogen-bond acceptors (Lipinski definition) is 5. The number of fused-ring (bicyclic) bond motifs is 1. The zero-order valence-corrected chi connectivity index (χ0v) is 15.7. The van der Waals surface area contributed by atoms with E-state index in [9.17, 15) is 0 Å². The summed E-state index contributed by atoms with van der Waals surface area (Å²) in [5.41, 5.74) is 3.80. The summed E-state index contributed by atoms with van der Waals surface area (Å²) in [6.07, 6.45) is 1.57. The molecule has 0 radical (unpaired) electrons. The molecule has 0 amide bonds. The normalized spacial score (nSPS) is 12.4. The Balaban J connectivity index is 1.61. The van der Waals surface area contributed by atoms with Crippen molar-refractivity contribution >= 4 is 34.5 Å². The molecule has 0 N–H and O–H groups in total. The lowest BCUT2D eigenvalue weighted by Gasteiger charge is -2.10. The molecule has 26 heavy (non-hydrogen) atoms. The van der Waals surface area contributed by atoms with Crippen molar-refractivity contribution in [3.8, 4) is 0 Å². The van der Waals surface area contributed by atoms with E-state index < -0.39 is 0 Å². The van der Waals surface area contributed by atoms with Gasteiger partial charge in [0.05, 0.1) is 6.54 Å². The van der Waals surface area contributed by atoms with Crippen LogP contribution in [0.2, 0.25) is 5.02 Å². The predicted octanol–water partition coefficient (Wildman–Crippen LogP) is 4.78. The molecule has 4 aromatic rings. The summed E-state index contributed by atoms with van der Waals surface area (Å²) in [6.45, 7) is 2.75. The number of nitrogens with zero attached hydrogens (tertiary/aromatic N) is 5. The second kappa shape index (κ2) is 7.43. The molecule has 0 fully saturated rings. The van der Waals surface area contributed by atoms with Gasteiger partial charge < -0.3 is 0 Å². The fourth-order valence-corrected chi connectivity index (χ4v) is 3.79. The summed E-state index contributed by atoms with van der Waals surface area (Å²) in [5.74, 6) is 0. The van der Waals surface area contributed by atoms with Crippen LogP contribution in [0.5, 0.6) is 0 Å². The molecule has 0 spiro atoms. The number of benzene rings is 2. The van der Waals surface area contributed by atoms with Crippen LogP contribution in [0.1, 0.15) is 23.3 Å². The molecule has 4 rings (SSSR count). The Labute approximate surface area is 160 Å². The van der Waals surface area contributed by atoms with Crippen molar-refractivity contribution in [3.05, 3.63) is 77.1 Å². The van der Waals surface area contributed by atoms with Crippen LogP contribution in [0.25, 0.3) is 11.2 Å². The molecular weight excluding hydrogens is 366 g/mol. The van der Waals surface area contributed by atoms with E-state index in [1.165, 1.54) is 5.56 Å². The highest BCUT2D eigenvalue weighted by molar-refractivity contribution is 7.99. The van der Waals surface area contributed by atoms with E-state index in [1.807, 2.05) is 42.5 Å². The van der Waals surface area contributed by atoms with Crippen LogP contribution >= 0.6 is 23.4 Å². The first-order chi connectivity index (χ1) is 12.7. The fraction of sp³-hybridized carbons (Fsp3) is 0.158. The van der Waals surface area contributed by atoms with Crippen molar-refractivity contribution in [1.82, 2.24) is 25.0 Å². The molecule has 1 atom stereocenters. The minimum Gasteiger partial charge on any atom is -0.227 e. The van der Waals surface area contributed by atoms with Gasteiger partial charge in [0.15, 0.2) is 11.2 Å². The molecule has 5 nitrogen and oxygen atoms in total. The van der Waals surface area contributed by atoms with Crippen LogP contribution in [0.3, 0.4) is 0 Å². The zero-order valence-electron chi connectivity index (χ0n) is 14.1. The number of halogens is 1. The molecule has 0 saturated heterocycles. The molecule has 7 heteroatoms. The zero-order chi connectivity index (χ0) is 17.9. The van der Waals surface area contributed by atoms with Crippen molar-refractivity contribution in [3.63, 3.8) is 0 Å². The van der Waals surface area contributed by atoms with E-state index in [0.29, 0.717) is 11.6 Å². The van der Waals surface area contributed by atoms with Gasteiger partial charge in [-0.15, -0.1) is 5.10 Å². The topological polar surface area (TPSA) is 56.5 Å². The highest BCUT2D eigenvalue weighted by Crippen LogP contribution is 2.35. The molecule has 0 aliphatic heterocycles. The van der Waals surface area contributed by atoms with Gasteiger partial charge in [0.2, 0.25) is 0 Å². The van der Waals surface area contributed by atoms with Gasteiger partial charge in [0.25, 0.3) is 0 Å². The first-order valence-corrected chi connectivity index (χ1v) is 9.47. The lowest BCUT2D eigenvalue weighted by molar-refractivity contribution is 0.664. The second-order valence-electron chi connectivity index (χ2n) is 5.90. The monoisotopic (exact) mass is 381 g/mol. The molecule has 2 aromatic carbocycles. The van der Waals surface area contributed by atoms with Crippen molar-refractivity contribution in [2.24, 2.45) is 0 Å². The summed E-state index contributed by atoms with van der Waals surface area (Å²) in [4.78, 5) is 8.81. The third-order valence-electron chi connectivity index (χ3n) is 4.07. The van der Waals surface area contributed by atoms with Crippen molar-refractivity contribution in [1.29, 1.82) is 0 Å².